The van der Waals surface area contributed by atoms with Gasteiger partial charge in [0.05, 0.1) is 19.6 Å². The fraction of sp³-hybridized carbons (Fsp3) is 0.500. The van der Waals surface area contributed by atoms with Gasteiger partial charge in [-0.05, 0) is 12.0 Å². The highest BCUT2D eigenvalue weighted by atomic mass is 16.7. The van der Waals surface area contributed by atoms with Crippen molar-refractivity contribution in [2.24, 2.45) is 20.7 Å². The summed E-state index contributed by atoms with van der Waals surface area (Å²) in [4.78, 5) is 26.7. The zero-order valence-corrected chi connectivity index (χ0v) is 17.4. The summed E-state index contributed by atoms with van der Waals surface area (Å²) >= 11 is 0. The van der Waals surface area contributed by atoms with E-state index in [9.17, 15) is 15.0 Å². The zero-order chi connectivity index (χ0) is 22.7. The Hall–Kier alpha value is -3.22. The number of carbonyl (C=O) groups is 1. The van der Waals surface area contributed by atoms with Crippen LogP contribution < -0.4 is 5.73 Å². The Morgan fingerprint density at radius 2 is 2.09 bits per heavy atom. The number of benzene rings is 1. The first-order valence-corrected chi connectivity index (χ1v) is 10.1. The summed E-state index contributed by atoms with van der Waals surface area (Å²) in [6, 6.07) is 8.56. The molecule has 12 nitrogen and oxygen atoms in total. The molecule has 6 atom stereocenters. The molecule has 32 heavy (non-hydrogen) atoms. The lowest BCUT2D eigenvalue weighted by molar-refractivity contribution is -0.0848. The third-order valence-corrected chi connectivity index (χ3v) is 5.35. The number of methoxy groups -OCH3 is 1. The molecule has 3 aliphatic rings. The molecule has 1 aromatic rings. The Morgan fingerprint density at radius 3 is 2.81 bits per heavy atom. The van der Waals surface area contributed by atoms with Gasteiger partial charge in [0.25, 0.3) is 0 Å². The van der Waals surface area contributed by atoms with Gasteiger partial charge in [-0.15, -0.1) is 0 Å². The number of aliphatic hydroxyl groups excluding tert-OH is 2. The summed E-state index contributed by atoms with van der Waals surface area (Å²) in [5.41, 5.74) is 6.59. The van der Waals surface area contributed by atoms with E-state index in [4.69, 9.17) is 24.7 Å². The molecular formula is C20H25N5O7. The number of fused-ring (bicyclic) bond motifs is 1. The molecule has 1 fully saturated rings. The molecule has 3 aliphatic heterocycles. The number of carbonyl (C=O) groups excluding carboxylic acids is 1. The summed E-state index contributed by atoms with van der Waals surface area (Å²) in [6.07, 6.45) is -4.05. The van der Waals surface area contributed by atoms with Gasteiger partial charge in [0.2, 0.25) is 11.9 Å². The van der Waals surface area contributed by atoms with Crippen molar-refractivity contribution in [1.82, 2.24) is 4.90 Å². The SMILES string of the molecule is COC1=NC(N)=NC2C1N=CN2[C@@H]1O[C@H](CCO)[C@@H](O)[C@@H]1OC(=O)OCc1ccccc1. The lowest BCUT2D eigenvalue weighted by Gasteiger charge is -2.33. The van der Waals surface area contributed by atoms with Crippen LogP contribution in [-0.4, -0.2) is 89.9 Å². The van der Waals surface area contributed by atoms with E-state index in [0.29, 0.717) is 0 Å². The van der Waals surface area contributed by atoms with E-state index >= 15 is 0 Å². The van der Waals surface area contributed by atoms with Crippen LogP contribution in [0.5, 0.6) is 0 Å². The van der Waals surface area contributed by atoms with E-state index in [2.05, 4.69) is 15.0 Å². The monoisotopic (exact) mass is 447 g/mol. The second kappa shape index (κ2) is 9.51. The van der Waals surface area contributed by atoms with Gasteiger partial charge in [0, 0.05) is 6.61 Å². The van der Waals surface area contributed by atoms with Crippen LogP contribution in [0.15, 0.2) is 45.3 Å². The first kappa shape index (κ1) is 22.0. The molecule has 12 heteroatoms. The largest absolute Gasteiger partial charge is 0.509 e. The Balaban J connectivity index is 1.49. The van der Waals surface area contributed by atoms with Gasteiger partial charge in [-0.1, -0.05) is 30.3 Å². The smallest absolute Gasteiger partial charge is 0.482 e. The van der Waals surface area contributed by atoms with Crippen LogP contribution in [0.25, 0.3) is 0 Å². The highest BCUT2D eigenvalue weighted by Gasteiger charge is 2.53. The van der Waals surface area contributed by atoms with Crippen LogP contribution in [0.1, 0.15) is 12.0 Å². The zero-order valence-electron chi connectivity index (χ0n) is 17.4. The van der Waals surface area contributed by atoms with Gasteiger partial charge < -0.3 is 39.8 Å². The number of hydrogen-bond acceptors (Lipinski definition) is 12. The minimum atomic E-state index is -1.20. The quantitative estimate of drug-likeness (QED) is 0.492. The van der Waals surface area contributed by atoms with Crippen molar-refractivity contribution in [1.29, 1.82) is 0 Å². The molecule has 0 aromatic heterocycles. The first-order valence-electron chi connectivity index (χ1n) is 10.1. The minimum Gasteiger partial charge on any atom is -0.482 e. The van der Waals surface area contributed by atoms with Gasteiger partial charge in [-0.25, -0.2) is 9.79 Å². The molecule has 0 aliphatic carbocycles. The maximum Gasteiger partial charge on any atom is 0.509 e. The summed E-state index contributed by atoms with van der Waals surface area (Å²) in [7, 11) is 1.45. The van der Waals surface area contributed by atoms with Crippen molar-refractivity contribution in [2.45, 2.75) is 49.8 Å². The van der Waals surface area contributed by atoms with Crippen LogP contribution in [0.4, 0.5) is 4.79 Å². The van der Waals surface area contributed by atoms with Gasteiger partial charge in [0.15, 0.2) is 24.5 Å². The van der Waals surface area contributed by atoms with E-state index in [1.807, 2.05) is 30.3 Å². The highest BCUT2D eigenvalue weighted by molar-refractivity contribution is 5.99. The molecule has 0 radical (unpaired) electrons. The van der Waals surface area contributed by atoms with Crippen LogP contribution in [0, 0.1) is 0 Å². The maximum absolute atomic E-state index is 12.4. The molecule has 0 amide bonds. The number of aliphatic imine (C=N–C) groups is 3. The lowest BCUT2D eigenvalue weighted by atomic mass is 10.1. The molecule has 4 N–H and O–H groups in total. The number of guanidine groups is 1. The van der Waals surface area contributed by atoms with Crippen molar-refractivity contribution in [3.8, 4) is 0 Å². The van der Waals surface area contributed by atoms with E-state index in [-0.39, 0.29) is 31.5 Å². The standard InChI is InChI=1S/C20H25N5O7/c1-29-17-13-16(23-19(21)24-17)25(10-22-13)18-15(14(27)12(31-18)7-8-26)32-20(28)30-9-11-5-3-2-4-6-11/h2-6,10,12-16,18,26-27H,7-9H2,1H3,(H2,21,23)/t12-,13?,14-,15+,16?,18-/m1/s1. The molecule has 2 unspecified atom stereocenters. The topological polar surface area (TPSA) is 161 Å². The Bertz CT molecular complexity index is 909. The summed E-state index contributed by atoms with van der Waals surface area (Å²) in [5.74, 6) is 0.287. The van der Waals surface area contributed by atoms with Crippen LogP contribution in [-0.2, 0) is 25.6 Å². The lowest BCUT2D eigenvalue weighted by Crippen LogP contribution is -2.52. The Kier molecular flexibility index (Phi) is 6.53. The average molecular weight is 447 g/mol. The molecule has 1 saturated heterocycles. The van der Waals surface area contributed by atoms with Crippen LogP contribution in [0.3, 0.4) is 0 Å². The van der Waals surface area contributed by atoms with Gasteiger partial charge in [0.1, 0.15) is 12.7 Å². The fourth-order valence-electron chi connectivity index (χ4n) is 3.82. The Labute approximate surface area is 184 Å². The predicted octanol–water partition coefficient (Wildman–Crippen LogP) is -0.412. The average Bonchev–Trinajstić information content (AvgIpc) is 3.34. The van der Waals surface area contributed by atoms with Crippen LogP contribution in [0.2, 0.25) is 0 Å². The van der Waals surface area contributed by atoms with Gasteiger partial charge in [-0.3, -0.25) is 4.99 Å². The normalized spacial score (nSPS) is 31.0. The maximum atomic E-state index is 12.4. The molecule has 3 heterocycles. The van der Waals surface area contributed by atoms with E-state index < -0.39 is 42.9 Å². The molecule has 4 rings (SSSR count). The van der Waals surface area contributed by atoms with E-state index in [0.717, 1.165) is 5.56 Å². The number of hydrogen-bond donors (Lipinski definition) is 3. The molecular weight excluding hydrogens is 422 g/mol. The molecule has 172 valence electrons. The van der Waals surface area contributed by atoms with Crippen LogP contribution >= 0.6 is 0 Å². The highest BCUT2D eigenvalue weighted by Crippen LogP contribution is 2.33. The third kappa shape index (κ3) is 4.38. The predicted molar refractivity (Wildman–Crippen MR) is 112 cm³/mol. The van der Waals surface area contributed by atoms with Gasteiger partial charge in [-0.2, -0.15) is 4.99 Å². The number of nitrogens with two attached hydrogens (primary N) is 1. The number of aliphatic hydroxyl groups is 2. The van der Waals surface area contributed by atoms with Crippen molar-refractivity contribution >= 4 is 24.4 Å². The van der Waals surface area contributed by atoms with E-state index in [1.165, 1.54) is 13.4 Å². The summed E-state index contributed by atoms with van der Waals surface area (Å²) in [6.45, 7) is -0.205. The second-order valence-electron chi connectivity index (χ2n) is 7.39. The van der Waals surface area contributed by atoms with Crippen molar-refractivity contribution in [2.75, 3.05) is 13.7 Å². The number of nitrogens with zero attached hydrogens (tertiary/aromatic N) is 4. The van der Waals surface area contributed by atoms with Crippen molar-refractivity contribution < 1.29 is 34.0 Å². The molecule has 0 saturated carbocycles. The second-order valence-corrected chi connectivity index (χ2v) is 7.39. The fourth-order valence-corrected chi connectivity index (χ4v) is 3.82. The minimum absolute atomic E-state index is 0.00351. The third-order valence-electron chi connectivity index (χ3n) is 5.35. The molecule has 1 aromatic carbocycles. The number of ether oxygens (including phenoxy) is 4. The molecule has 0 spiro atoms. The summed E-state index contributed by atoms with van der Waals surface area (Å²) < 4.78 is 21.8. The van der Waals surface area contributed by atoms with Gasteiger partial charge >= 0.3 is 6.16 Å². The molecule has 0 bridgehead atoms. The van der Waals surface area contributed by atoms with Crippen molar-refractivity contribution in [3.63, 3.8) is 0 Å². The number of rotatable bonds is 6. The Morgan fingerprint density at radius 1 is 1.31 bits per heavy atom. The first-order chi connectivity index (χ1) is 15.5. The van der Waals surface area contributed by atoms with E-state index in [1.54, 1.807) is 4.90 Å². The van der Waals surface area contributed by atoms with Crippen molar-refractivity contribution in [3.05, 3.63) is 35.9 Å². The summed E-state index contributed by atoms with van der Waals surface area (Å²) in [5, 5.41) is 20.1.